The van der Waals surface area contributed by atoms with Gasteiger partial charge in [0.2, 0.25) is 0 Å². The van der Waals surface area contributed by atoms with Crippen LogP contribution >= 0.6 is 15.9 Å². The molecule has 2 aromatic rings. The van der Waals surface area contributed by atoms with Gasteiger partial charge in [-0.25, -0.2) is 0 Å². The zero-order valence-corrected chi connectivity index (χ0v) is 12.0. The molecule has 4 nitrogen and oxygen atoms in total. The van der Waals surface area contributed by atoms with Gasteiger partial charge in [-0.05, 0) is 18.2 Å². The molecule has 5 heteroatoms. The van der Waals surface area contributed by atoms with Gasteiger partial charge in [0, 0.05) is 36.5 Å². The van der Waals surface area contributed by atoms with E-state index in [9.17, 15) is 0 Å². The average Bonchev–Trinajstić information content (AvgIpc) is 2.67. The van der Waals surface area contributed by atoms with Gasteiger partial charge in [0.1, 0.15) is 0 Å². The molecule has 96 valence electrons. The summed E-state index contributed by atoms with van der Waals surface area (Å²) < 4.78 is 8.42. The van der Waals surface area contributed by atoms with Crippen LogP contribution in [-0.4, -0.2) is 41.0 Å². The van der Waals surface area contributed by atoms with Crippen molar-refractivity contribution >= 4 is 26.8 Å². The normalized spacial score (nSPS) is 17.4. The highest BCUT2D eigenvalue weighted by molar-refractivity contribution is 9.10. The lowest BCUT2D eigenvalue weighted by molar-refractivity contribution is 0.0337. The maximum atomic E-state index is 5.37. The lowest BCUT2D eigenvalue weighted by Crippen LogP contribution is -2.35. The molecule has 1 saturated heterocycles. The van der Waals surface area contributed by atoms with Crippen molar-refractivity contribution in [2.24, 2.45) is 7.05 Å². The fourth-order valence-corrected chi connectivity index (χ4v) is 2.74. The summed E-state index contributed by atoms with van der Waals surface area (Å²) in [5, 5.41) is 5.88. The van der Waals surface area contributed by atoms with Crippen LogP contribution in [0.15, 0.2) is 22.7 Å². The average molecular weight is 310 g/mol. The standard InChI is InChI=1S/C13H16BrN3O/c1-16-13-8-10(14)2-3-11(13)12(15-16)9-17-4-6-18-7-5-17/h2-3,8H,4-7,9H2,1H3. The van der Waals surface area contributed by atoms with E-state index in [0.717, 1.165) is 43.0 Å². The van der Waals surface area contributed by atoms with Crippen LogP contribution in [0, 0.1) is 0 Å². The highest BCUT2D eigenvalue weighted by Crippen LogP contribution is 2.23. The van der Waals surface area contributed by atoms with Crippen LogP contribution in [0.3, 0.4) is 0 Å². The maximum Gasteiger partial charge on any atom is 0.0843 e. The van der Waals surface area contributed by atoms with Crippen molar-refractivity contribution in [3.63, 3.8) is 0 Å². The third kappa shape index (κ3) is 2.30. The molecule has 1 fully saturated rings. The number of fused-ring (bicyclic) bond motifs is 1. The van der Waals surface area contributed by atoms with Crippen molar-refractivity contribution in [2.75, 3.05) is 26.3 Å². The Hall–Kier alpha value is -0.910. The minimum absolute atomic E-state index is 0.830. The number of morpholine rings is 1. The Morgan fingerprint density at radius 3 is 2.89 bits per heavy atom. The first-order valence-corrected chi connectivity index (χ1v) is 6.94. The number of nitrogens with zero attached hydrogens (tertiary/aromatic N) is 3. The van der Waals surface area contributed by atoms with Crippen molar-refractivity contribution in [2.45, 2.75) is 6.54 Å². The predicted molar refractivity (Wildman–Crippen MR) is 74.5 cm³/mol. The third-order valence-corrected chi connectivity index (χ3v) is 3.86. The van der Waals surface area contributed by atoms with E-state index in [1.165, 1.54) is 10.9 Å². The van der Waals surface area contributed by atoms with Crippen LogP contribution in [0.5, 0.6) is 0 Å². The molecule has 0 amide bonds. The Kier molecular flexibility index (Phi) is 3.37. The summed E-state index contributed by atoms with van der Waals surface area (Å²) in [5.74, 6) is 0. The minimum Gasteiger partial charge on any atom is -0.379 e. The fourth-order valence-electron chi connectivity index (χ4n) is 2.39. The second-order valence-electron chi connectivity index (χ2n) is 4.62. The lowest BCUT2D eigenvalue weighted by Gasteiger charge is -2.25. The van der Waals surface area contributed by atoms with Gasteiger partial charge in [-0.15, -0.1) is 0 Å². The molecule has 1 aliphatic heterocycles. The van der Waals surface area contributed by atoms with E-state index < -0.39 is 0 Å². The summed E-state index contributed by atoms with van der Waals surface area (Å²) in [6, 6.07) is 6.33. The summed E-state index contributed by atoms with van der Waals surface area (Å²) in [7, 11) is 2.00. The first-order chi connectivity index (χ1) is 8.74. The van der Waals surface area contributed by atoms with Crippen LogP contribution in [0.4, 0.5) is 0 Å². The van der Waals surface area contributed by atoms with Crippen LogP contribution in [0.2, 0.25) is 0 Å². The minimum atomic E-state index is 0.830. The number of hydrogen-bond acceptors (Lipinski definition) is 3. The predicted octanol–water partition coefficient (Wildman–Crippen LogP) is 2.17. The van der Waals surface area contributed by atoms with E-state index in [0.29, 0.717) is 0 Å². The van der Waals surface area contributed by atoms with Crippen LogP contribution in [0.1, 0.15) is 5.69 Å². The van der Waals surface area contributed by atoms with Crippen LogP contribution in [0.25, 0.3) is 10.9 Å². The number of halogens is 1. The quantitative estimate of drug-likeness (QED) is 0.851. The molecular weight excluding hydrogens is 294 g/mol. The molecule has 1 aliphatic rings. The number of hydrogen-bond donors (Lipinski definition) is 0. The van der Waals surface area contributed by atoms with Gasteiger partial charge in [0.25, 0.3) is 0 Å². The Labute approximate surface area is 115 Å². The molecule has 0 unspecified atom stereocenters. The molecule has 0 aliphatic carbocycles. The summed E-state index contributed by atoms with van der Waals surface area (Å²) in [6.07, 6.45) is 0. The first kappa shape index (κ1) is 12.1. The molecule has 0 bridgehead atoms. The molecule has 0 spiro atoms. The second-order valence-corrected chi connectivity index (χ2v) is 5.54. The summed E-state index contributed by atoms with van der Waals surface area (Å²) >= 11 is 3.51. The highest BCUT2D eigenvalue weighted by atomic mass is 79.9. The Bertz CT molecular complexity index is 561. The van der Waals surface area contributed by atoms with Crippen molar-refractivity contribution in [3.8, 4) is 0 Å². The van der Waals surface area contributed by atoms with Gasteiger partial charge < -0.3 is 4.74 Å². The maximum absolute atomic E-state index is 5.37. The van der Waals surface area contributed by atoms with Crippen molar-refractivity contribution < 1.29 is 4.74 Å². The number of ether oxygens (including phenoxy) is 1. The molecule has 0 radical (unpaired) electrons. The topological polar surface area (TPSA) is 30.3 Å². The number of benzene rings is 1. The van der Waals surface area contributed by atoms with Gasteiger partial charge in [-0.3, -0.25) is 9.58 Å². The Balaban J connectivity index is 1.91. The van der Waals surface area contributed by atoms with Gasteiger partial charge in [-0.2, -0.15) is 5.10 Å². The van der Waals surface area contributed by atoms with Gasteiger partial charge in [0.05, 0.1) is 24.4 Å². The fraction of sp³-hybridized carbons (Fsp3) is 0.462. The van der Waals surface area contributed by atoms with E-state index >= 15 is 0 Å². The first-order valence-electron chi connectivity index (χ1n) is 6.15. The van der Waals surface area contributed by atoms with Crippen LogP contribution < -0.4 is 0 Å². The third-order valence-electron chi connectivity index (χ3n) is 3.37. The molecule has 18 heavy (non-hydrogen) atoms. The SMILES string of the molecule is Cn1nc(CN2CCOCC2)c2ccc(Br)cc21. The molecule has 2 heterocycles. The Morgan fingerprint density at radius 2 is 2.11 bits per heavy atom. The lowest BCUT2D eigenvalue weighted by atomic mass is 10.2. The molecule has 1 aromatic heterocycles. The van der Waals surface area contributed by atoms with E-state index in [-0.39, 0.29) is 0 Å². The molecule has 0 atom stereocenters. The summed E-state index contributed by atoms with van der Waals surface area (Å²) in [4.78, 5) is 2.40. The number of aryl methyl sites for hydroxylation is 1. The zero-order valence-electron chi connectivity index (χ0n) is 10.4. The molecule has 0 saturated carbocycles. The Morgan fingerprint density at radius 1 is 1.33 bits per heavy atom. The molecule has 3 rings (SSSR count). The van der Waals surface area contributed by atoms with Crippen molar-refractivity contribution in [3.05, 3.63) is 28.4 Å². The number of rotatable bonds is 2. The largest absolute Gasteiger partial charge is 0.379 e. The van der Waals surface area contributed by atoms with E-state index in [1.807, 2.05) is 11.7 Å². The van der Waals surface area contributed by atoms with Crippen LogP contribution in [-0.2, 0) is 18.3 Å². The van der Waals surface area contributed by atoms with E-state index in [1.54, 1.807) is 0 Å². The van der Waals surface area contributed by atoms with Gasteiger partial charge >= 0.3 is 0 Å². The molecular formula is C13H16BrN3O. The summed E-state index contributed by atoms with van der Waals surface area (Å²) in [6.45, 7) is 4.55. The highest BCUT2D eigenvalue weighted by Gasteiger charge is 2.15. The smallest absolute Gasteiger partial charge is 0.0843 e. The van der Waals surface area contributed by atoms with Crippen molar-refractivity contribution in [1.82, 2.24) is 14.7 Å². The van der Waals surface area contributed by atoms with Gasteiger partial charge in [0.15, 0.2) is 0 Å². The zero-order chi connectivity index (χ0) is 12.5. The van der Waals surface area contributed by atoms with Gasteiger partial charge in [-0.1, -0.05) is 15.9 Å². The molecule has 1 aromatic carbocycles. The van der Waals surface area contributed by atoms with Crippen molar-refractivity contribution in [1.29, 1.82) is 0 Å². The second kappa shape index (κ2) is 4.99. The van der Waals surface area contributed by atoms with E-state index in [4.69, 9.17) is 4.74 Å². The summed E-state index contributed by atoms with van der Waals surface area (Å²) in [5.41, 5.74) is 2.33. The molecule has 0 N–H and O–H groups in total. The monoisotopic (exact) mass is 309 g/mol. The van der Waals surface area contributed by atoms with E-state index in [2.05, 4.69) is 44.1 Å². The number of aromatic nitrogens is 2.